The number of ketones is 1. The Balaban J connectivity index is 2.03. The Morgan fingerprint density at radius 1 is 1.62 bits per heavy atom. The lowest BCUT2D eigenvalue weighted by Crippen LogP contribution is -2.22. The van der Waals surface area contributed by atoms with Crippen molar-refractivity contribution in [3.05, 3.63) is 11.8 Å². The van der Waals surface area contributed by atoms with Crippen LogP contribution in [0.15, 0.2) is 11.8 Å². The van der Waals surface area contributed by atoms with Gasteiger partial charge in [0.15, 0.2) is 5.78 Å². The molecule has 2 rings (SSSR count). The highest BCUT2D eigenvalue weighted by molar-refractivity contribution is 5.97. The van der Waals surface area contributed by atoms with Gasteiger partial charge >= 0.3 is 0 Å². The van der Waals surface area contributed by atoms with Crippen LogP contribution in [0.4, 0.5) is 0 Å². The average Bonchev–Trinajstić information content (AvgIpc) is 2.72. The Morgan fingerprint density at radius 3 is 3.00 bits per heavy atom. The zero-order chi connectivity index (χ0) is 9.26. The first kappa shape index (κ1) is 8.75. The van der Waals surface area contributed by atoms with Gasteiger partial charge in [-0.05, 0) is 12.5 Å². The van der Waals surface area contributed by atoms with Crippen LogP contribution in [0, 0.1) is 11.8 Å². The van der Waals surface area contributed by atoms with Crippen LogP contribution in [0.1, 0.15) is 13.3 Å². The molecule has 72 valence electrons. The third-order valence-electron chi connectivity index (χ3n) is 2.89. The van der Waals surface area contributed by atoms with Gasteiger partial charge in [0.2, 0.25) is 0 Å². The fraction of sp³-hybridized carbons (Fsp3) is 0.700. The maximum atomic E-state index is 11.9. The summed E-state index contributed by atoms with van der Waals surface area (Å²) < 4.78 is 5.07. The van der Waals surface area contributed by atoms with E-state index in [0.29, 0.717) is 12.5 Å². The van der Waals surface area contributed by atoms with E-state index in [0.717, 1.165) is 25.1 Å². The maximum Gasteiger partial charge on any atom is 0.166 e. The number of rotatable bonds is 2. The molecular weight excluding hydrogens is 166 g/mol. The van der Waals surface area contributed by atoms with Crippen LogP contribution < -0.4 is 5.32 Å². The third-order valence-corrected chi connectivity index (χ3v) is 2.89. The zero-order valence-corrected chi connectivity index (χ0v) is 7.88. The lowest BCUT2D eigenvalue weighted by Gasteiger charge is -2.12. The molecule has 2 unspecified atom stereocenters. The molecule has 3 nitrogen and oxygen atoms in total. The summed E-state index contributed by atoms with van der Waals surface area (Å²) in [7, 11) is 0. The predicted octanol–water partition coefficient (Wildman–Crippen LogP) is 0.715. The largest absolute Gasteiger partial charge is 0.500 e. The molecule has 13 heavy (non-hydrogen) atoms. The number of hydrogen-bond acceptors (Lipinski definition) is 3. The minimum atomic E-state index is 0.174. The molecule has 0 amide bonds. The van der Waals surface area contributed by atoms with Crippen molar-refractivity contribution < 1.29 is 9.53 Å². The molecule has 1 N–H and O–H groups in total. The van der Waals surface area contributed by atoms with E-state index in [4.69, 9.17) is 4.74 Å². The first-order valence-corrected chi connectivity index (χ1v) is 4.84. The Morgan fingerprint density at radius 2 is 2.46 bits per heavy atom. The standard InChI is InChI=1S/C10H15NO2/c1-7-4-11-5-9(7)10(12)8-2-3-13-6-8/h6-7,9,11H,2-5H2,1H3. The van der Waals surface area contributed by atoms with Gasteiger partial charge in [-0.2, -0.15) is 0 Å². The van der Waals surface area contributed by atoms with Crippen LogP contribution in [-0.2, 0) is 9.53 Å². The van der Waals surface area contributed by atoms with Gasteiger partial charge < -0.3 is 10.1 Å². The first-order chi connectivity index (χ1) is 6.29. The molecule has 0 aromatic rings. The Hall–Kier alpha value is -0.830. The van der Waals surface area contributed by atoms with Crippen LogP contribution in [0.2, 0.25) is 0 Å². The fourth-order valence-electron chi connectivity index (χ4n) is 1.97. The molecule has 2 heterocycles. The van der Waals surface area contributed by atoms with E-state index in [1.54, 1.807) is 6.26 Å². The van der Waals surface area contributed by atoms with Crippen molar-refractivity contribution in [1.82, 2.24) is 5.32 Å². The lowest BCUT2D eigenvalue weighted by molar-refractivity contribution is -0.119. The maximum absolute atomic E-state index is 11.9. The molecule has 3 heteroatoms. The second-order valence-corrected chi connectivity index (χ2v) is 3.87. The van der Waals surface area contributed by atoms with Gasteiger partial charge in [-0.1, -0.05) is 6.92 Å². The summed E-state index contributed by atoms with van der Waals surface area (Å²) >= 11 is 0. The molecule has 2 atom stereocenters. The summed E-state index contributed by atoms with van der Waals surface area (Å²) in [5.74, 6) is 0.928. The first-order valence-electron chi connectivity index (χ1n) is 4.84. The van der Waals surface area contributed by atoms with Gasteiger partial charge in [0.1, 0.15) is 0 Å². The number of hydrogen-bond donors (Lipinski definition) is 1. The molecule has 0 aliphatic carbocycles. The topological polar surface area (TPSA) is 38.3 Å². The van der Waals surface area contributed by atoms with Gasteiger partial charge in [0.25, 0.3) is 0 Å². The number of nitrogens with one attached hydrogen (secondary N) is 1. The van der Waals surface area contributed by atoms with E-state index in [1.807, 2.05) is 0 Å². The molecular formula is C10H15NO2. The van der Waals surface area contributed by atoms with Gasteiger partial charge in [-0.25, -0.2) is 0 Å². The number of carbonyl (C=O) groups excluding carboxylic acids is 1. The minimum absolute atomic E-state index is 0.174. The summed E-state index contributed by atoms with van der Waals surface area (Å²) in [4.78, 5) is 11.9. The second kappa shape index (κ2) is 3.50. The molecule has 1 fully saturated rings. The molecule has 2 aliphatic rings. The highest BCUT2D eigenvalue weighted by atomic mass is 16.5. The average molecular weight is 181 g/mol. The Kier molecular flexibility index (Phi) is 2.36. The molecule has 0 spiro atoms. The van der Waals surface area contributed by atoms with Crippen molar-refractivity contribution >= 4 is 5.78 Å². The zero-order valence-electron chi connectivity index (χ0n) is 7.88. The number of Topliss-reactive ketones (excluding diaryl/α,β-unsaturated/α-hetero) is 1. The van der Waals surface area contributed by atoms with Gasteiger partial charge in [-0.15, -0.1) is 0 Å². The summed E-state index contributed by atoms with van der Waals surface area (Å²) in [6.07, 6.45) is 2.43. The van der Waals surface area contributed by atoms with Gasteiger partial charge in [0.05, 0.1) is 12.9 Å². The smallest absolute Gasteiger partial charge is 0.166 e. The molecule has 2 aliphatic heterocycles. The van der Waals surface area contributed by atoms with Crippen molar-refractivity contribution in [3.8, 4) is 0 Å². The summed E-state index contributed by atoms with van der Waals surface area (Å²) in [6, 6.07) is 0. The van der Waals surface area contributed by atoms with Crippen molar-refractivity contribution in [2.24, 2.45) is 11.8 Å². The van der Waals surface area contributed by atoms with Crippen molar-refractivity contribution in [2.75, 3.05) is 19.7 Å². The molecule has 0 radical (unpaired) electrons. The fourth-order valence-corrected chi connectivity index (χ4v) is 1.97. The van der Waals surface area contributed by atoms with E-state index in [1.165, 1.54) is 0 Å². The van der Waals surface area contributed by atoms with Crippen LogP contribution in [0.25, 0.3) is 0 Å². The molecule has 0 saturated carbocycles. The van der Waals surface area contributed by atoms with Crippen molar-refractivity contribution in [1.29, 1.82) is 0 Å². The number of ether oxygens (including phenoxy) is 1. The quantitative estimate of drug-likeness (QED) is 0.682. The van der Waals surface area contributed by atoms with Crippen LogP contribution in [0.5, 0.6) is 0 Å². The van der Waals surface area contributed by atoms with E-state index < -0.39 is 0 Å². The monoisotopic (exact) mass is 181 g/mol. The van der Waals surface area contributed by atoms with Gasteiger partial charge in [-0.3, -0.25) is 4.79 Å². The van der Waals surface area contributed by atoms with E-state index in [-0.39, 0.29) is 11.7 Å². The molecule has 0 aromatic heterocycles. The van der Waals surface area contributed by atoms with Crippen molar-refractivity contribution in [2.45, 2.75) is 13.3 Å². The lowest BCUT2D eigenvalue weighted by atomic mass is 9.89. The second-order valence-electron chi connectivity index (χ2n) is 3.87. The molecule has 0 aromatic carbocycles. The highest BCUT2D eigenvalue weighted by Crippen LogP contribution is 2.23. The van der Waals surface area contributed by atoms with E-state index in [2.05, 4.69) is 12.2 Å². The third kappa shape index (κ3) is 1.61. The Bertz CT molecular complexity index is 247. The van der Waals surface area contributed by atoms with E-state index >= 15 is 0 Å². The predicted molar refractivity (Wildman–Crippen MR) is 49.2 cm³/mol. The highest BCUT2D eigenvalue weighted by Gasteiger charge is 2.32. The molecule has 0 bridgehead atoms. The Labute approximate surface area is 78.1 Å². The summed E-state index contributed by atoms with van der Waals surface area (Å²) in [6.45, 7) is 4.59. The summed E-state index contributed by atoms with van der Waals surface area (Å²) in [5, 5.41) is 3.24. The minimum Gasteiger partial charge on any atom is -0.500 e. The van der Waals surface area contributed by atoms with Crippen LogP contribution >= 0.6 is 0 Å². The van der Waals surface area contributed by atoms with E-state index in [9.17, 15) is 4.79 Å². The number of carbonyl (C=O) groups is 1. The summed E-state index contributed by atoms with van der Waals surface area (Å²) in [5.41, 5.74) is 0.876. The SMILES string of the molecule is CC1CNCC1C(=O)C1=COCC1. The van der Waals surface area contributed by atoms with Crippen LogP contribution in [0.3, 0.4) is 0 Å². The normalized spacial score (nSPS) is 32.8. The van der Waals surface area contributed by atoms with Crippen LogP contribution in [-0.4, -0.2) is 25.5 Å². The molecule has 1 saturated heterocycles. The van der Waals surface area contributed by atoms with Gasteiger partial charge in [0, 0.05) is 24.5 Å². The van der Waals surface area contributed by atoms with Crippen molar-refractivity contribution in [3.63, 3.8) is 0 Å².